The van der Waals surface area contributed by atoms with Gasteiger partial charge in [-0.2, -0.15) is 0 Å². The van der Waals surface area contributed by atoms with Gasteiger partial charge in [0.15, 0.2) is 6.10 Å². The minimum absolute atomic E-state index is 0.0566. The molecule has 0 spiro atoms. The lowest BCUT2D eigenvalue weighted by molar-refractivity contribution is -0.144. The number of carbonyl (C=O) groups excluding carboxylic acids is 2. The summed E-state index contributed by atoms with van der Waals surface area (Å²) in [7, 11) is 1.37. The molecule has 0 heterocycles. The number of alkyl carbamates (subject to hydrolysis) is 1. The van der Waals surface area contributed by atoms with Gasteiger partial charge in [-0.25, -0.2) is 4.79 Å². The second kappa shape index (κ2) is 10.7. The average molecular weight is 467 g/mol. The molecule has 0 aliphatic heterocycles. The number of amides is 2. The first-order valence-electron chi connectivity index (χ1n) is 11.6. The highest BCUT2D eigenvalue weighted by Gasteiger charge is 2.34. The summed E-state index contributed by atoms with van der Waals surface area (Å²) in [5.41, 5.74) is 4.52. The van der Waals surface area contributed by atoms with Crippen LogP contribution in [0, 0.1) is 5.92 Å². The Morgan fingerprint density at radius 1 is 1.00 bits per heavy atom. The van der Waals surface area contributed by atoms with E-state index in [1.54, 1.807) is 0 Å². The third kappa shape index (κ3) is 5.07. The molecule has 0 saturated heterocycles. The van der Waals surface area contributed by atoms with E-state index in [4.69, 9.17) is 9.47 Å². The van der Waals surface area contributed by atoms with E-state index in [1.165, 1.54) is 7.11 Å². The molecule has 4 rings (SSSR count). The minimum atomic E-state index is -0.947. The van der Waals surface area contributed by atoms with Gasteiger partial charge < -0.3 is 25.2 Å². The molecule has 0 radical (unpaired) electrons. The molecule has 2 amide bonds. The first kappa shape index (κ1) is 23.8. The van der Waals surface area contributed by atoms with E-state index in [0.717, 1.165) is 35.1 Å². The van der Waals surface area contributed by atoms with Crippen molar-refractivity contribution in [2.75, 3.05) is 20.3 Å². The van der Waals surface area contributed by atoms with Crippen LogP contribution in [0.3, 0.4) is 0 Å². The van der Waals surface area contributed by atoms with Crippen LogP contribution in [0.2, 0.25) is 0 Å². The second-order valence-electron chi connectivity index (χ2n) is 8.78. The van der Waals surface area contributed by atoms with Gasteiger partial charge >= 0.3 is 12.1 Å². The second-order valence-corrected chi connectivity index (χ2v) is 8.78. The van der Waals surface area contributed by atoms with Crippen LogP contribution >= 0.6 is 0 Å². The van der Waals surface area contributed by atoms with Gasteiger partial charge in [0.25, 0.3) is 5.91 Å². The Hall–Kier alpha value is -3.39. The summed E-state index contributed by atoms with van der Waals surface area (Å²) >= 11 is 0. The molecule has 2 aromatic carbocycles. The Labute approximate surface area is 198 Å². The van der Waals surface area contributed by atoms with Gasteiger partial charge in [-0.3, -0.25) is 9.59 Å². The monoisotopic (exact) mass is 466 g/mol. The van der Waals surface area contributed by atoms with E-state index in [9.17, 15) is 19.5 Å². The first-order chi connectivity index (χ1) is 16.5. The molecule has 8 nitrogen and oxygen atoms in total. The van der Waals surface area contributed by atoms with Gasteiger partial charge in [0, 0.05) is 19.1 Å². The molecule has 8 heteroatoms. The number of carboxylic acid groups (broad SMARTS) is 1. The molecule has 1 fully saturated rings. The Morgan fingerprint density at radius 3 is 2.24 bits per heavy atom. The zero-order valence-corrected chi connectivity index (χ0v) is 19.2. The number of carbonyl (C=O) groups is 3. The van der Waals surface area contributed by atoms with Crippen LogP contribution in [0.1, 0.15) is 42.7 Å². The van der Waals surface area contributed by atoms with Crippen molar-refractivity contribution in [1.29, 1.82) is 0 Å². The summed E-state index contributed by atoms with van der Waals surface area (Å²) < 4.78 is 10.7. The van der Waals surface area contributed by atoms with Crippen molar-refractivity contribution in [3.8, 4) is 11.1 Å². The summed E-state index contributed by atoms with van der Waals surface area (Å²) in [5, 5.41) is 14.8. The van der Waals surface area contributed by atoms with Crippen LogP contribution in [0.25, 0.3) is 11.1 Å². The largest absolute Gasteiger partial charge is 0.481 e. The number of carboxylic acids is 1. The Balaban J connectivity index is 1.30. The van der Waals surface area contributed by atoms with Crippen LogP contribution in [0.5, 0.6) is 0 Å². The molecule has 1 unspecified atom stereocenters. The molecule has 2 aromatic rings. The van der Waals surface area contributed by atoms with Crippen molar-refractivity contribution in [2.45, 2.75) is 43.7 Å². The predicted octanol–water partition coefficient (Wildman–Crippen LogP) is 3.30. The van der Waals surface area contributed by atoms with Crippen LogP contribution < -0.4 is 10.6 Å². The van der Waals surface area contributed by atoms with Gasteiger partial charge in [-0.05, 0) is 35.1 Å². The summed E-state index contributed by atoms with van der Waals surface area (Å²) in [6.45, 7) is 0.0928. The number of methoxy groups -OCH3 is 1. The van der Waals surface area contributed by atoms with Gasteiger partial charge in [0.05, 0.1) is 12.5 Å². The Kier molecular flexibility index (Phi) is 7.47. The maximum Gasteiger partial charge on any atom is 0.407 e. The third-order valence-corrected chi connectivity index (χ3v) is 6.76. The third-order valence-electron chi connectivity index (χ3n) is 6.76. The molecule has 1 saturated carbocycles. The lowest BCUT2D eigenvalue weighted by atomic mass is 9.84. The highest BCUT2D eigenvalue weighted by atomic mass is 16.5. The Bertz CT molecular complexity index is 1010. The van der Waals surface area contributed by atoms with Gasteiger partial charge in [0.1, 0.15) is 6.61 Å². The standard InChI is InChI=1S/C26H30N2O6/c1-33-23(24(29)28-22-13-7-6-12-20(22)25(30)31)14-27-26(32)34-15-21-18-10-4-2-8-16(18)17-9-3-5-11-19(17)21/h2-5,8-11,20-23H,6-7,12-15H2,1H3,(H,27,32)(H,28,29)(H,30,31)/t20-,22+,23?/m0/s1. The van der Waals surface area contributed by atoms with Gasteiger partial charge in [-0.1, -0.05) is 61.4 Å². The first-order valence-corrected chi connectivity index (χ1v) is 11.6. The smallest absolute Gasteiger partial charge is 0.407 e. The summed E-state index contributed by atoms with van der Waals surface area (Å²) in [4.78, 5) is 36.5. The maximum atomic E-state index is 12.6. The van der Waals surface area contributed by atoms with Crippen LogP contribution in [-0.4, -0.2) is 55.5 Å². The van der Waals surface area contributed by atoms with Crippen LogP contribution in [0.15, 0.2) is 48.5 Å². The van der Waals surface area contributed by atoms with Gasteiger partial charge in [0.2, 0.25) is 0 Å². The summed E-state index contributed by atoms with van der Waals surface area (Å²) in [6, 6.07) is 15.7. The summed E-state index contributed by atoms with van der Waals surface area (Å²) in [5.74, 6) is -2.01. The zero-order valence-electron chi connectivity index (χ0n) is 19.2. The topological polar surface area (TPSA) is 114 Å². The number of hydrogen-bond donors (Lipinski definition) is 3. The molecular formula is C26H30N2O6. The number of fused-ring (bicyclic) bond motifs is 3. The quantitative estimate of drug-likeness (QED) is 0.550. The molecule has 2 aliphatic carbocycles. The van der Waals surface area contributed by atoms with Crippen molar-refractivity contribution in [3.05, 3.63) is 59.7 Å². The van der Waals surface area contributed by atoms with E-state index >= 15 is 0 Å². The molecule has 180 valence electrons. The van der Waals surface area contributed by atoms with E-state index in [0.29, 0.717) is 12.8 Å². The molecule has 0 bridgehead atoms. The number of hydrogen-bond acceptors (Lipinski definition) is 5. The lowest BCUT2D eigenvalue weighted by Crippen LogP contribution is -2.51. The normalized spacial score (nSPS) is 20.0. The molecule has 0 aromatic heterocycles. The number of rotatable bonds is 8. The van der Waals surface area contributed by atoms with Crippen molar-refractivity contribution in [2.24, 2.45) is 5.92 Å². The molecule has 3 N–H and O–H groups in total. The van der Waals surface area contributed by atoms with E-state index in [1.807, 2.05) is 36.4 Å². The number of nitrogens with one attached hydrogen (secondary N) is 2. The Morgan fingerprint density at radius 2 is 1.62 bits per heavy atom. The van der Waals surface area contributed by atoms with Crippen molar-refractivity contribution in [3.63, 3.8) is 0 Å². The molecular weight excluding hydrogens is 436 g/mol. The molecule has 2 aliphatic rings. The van der Waals surface area contributed by atoms with Crippen LogP contribution in [0.4, 0.5) is 4.79 Å². The summed E-state index contributed by atoms with van der Waals surface area (Å²) in [6.07, 6.45) is 1.26. The minimum Gasteiger partial charge on any atom is -0.481 e. The average Bonchev–Trinajstić information content (AvgIpc) is 3.17. The van der Waals surface area contributed by atoms with Crippen LogP contribution in [-0.2, 0) is 19.1 Å². The molecule has 3 atom stereocenters. The van der Waals surface area contributed by atoms with E-state index in [-0.39, 0.29) is 19.1 Å². The fourth-order valence-electron chi connectivity index (χ4n) is 4.98. The van der Waals surface area contributed by atoms with E-state index < -0.39 is 36.0 Å². The molecule has 34 heavy (non-hydrogen) atoms. The van der Waals surface area contributed by atoms with Crippen molar-refractivity contribution < 1.29 is 29.0 Å². The fourth-order valence-corrected chi connectivity index (χ4v) is 4.98. The van der Waals surface area contributed by atoms with Crippen molar-refractivity contribution >= 4 is 18.0 Å². The maximum absolute atomic E-state index is 12.6. The number of benzene rings is 2. The van der Waals surface area contributed by atoms with E-state index in [2.05, 4.69) is 22.8 Å². The predicted molar refractivity (Wildman–Crippen MR) is 125 cm³/mol. The van der Waals surface area contributed by atoms with Gasteiger partial charge in [-0.15, -0.1) is 0 Å². The fraction of sp³-hybridized carbons (Fsp3) is 0.423. The lowest BCUT2D eigenvalue weighted by Gasteiger charge is -2.30. The number of ether oxygens (including phenoxy) is 2. The highest BCUT2D eigenvalue weighted by molar-refractivity contribution is 5.83. The SMILES string of the molecule is COC(CNC(=O)OCC1c2ccccc2-c2ccccc21)C(=O)N[C@@H]1CCCC[C@@H]1C(=O)O. The van der Waals surface area contributed by atoms with Crippen molar-refractivity contribution in [1.82, 2.24) is 10.6 Å². The number of aliphatic carboxylic acids is 1. The zero-order chi connectivity index (χ0) is 24.1. The highest BCUT2D eigenvalue weighted by Crippen LogP contribution is 2.44.